The molecule has 0 amide bonds. The maximum Gasteiger partial charge on any atom is 3.00 e. The van der Waals surface area contributed by atoms with Crippen LogP contribution in [0.5, 0.6) is 69.6 Å². The Hall–Kier alpha value is -9.63. The minimum Gasteiger partial charge on any atom is -0.574 e. The summed E-state index contributed by atoms with van der Waals surface area (Å²) >= 11 is 0. The van der Waals surface area contributed by atoms with Gasteiger partial charge in [0.15, 0.2) is 5.82 Å². The second-order valence-electron chi connectivity index (χ2n) is 16.9. The van der Waals surface area contributed by atoms with Gasteiger partial charge in [-0.1, -0.05) is 66.4 Å². The summed E-state index contributed by atoms with van der Waals surface area (Å²) in [5, 5.41) is 12.6. The summed E-state index contributed by atoms with van der Waals surface area (Å²) in [6, 6.07) is 78.1. The first-order valence-electron chi connectivity index (χ1n) is 24.6. The molecule has 0 aliphatic heterocycles. The normalized spacial score (nSPS) is 10.2. The molecule has 0 saturated carbocycles. The minimum atomic E-state index is 0. The summed E-state index contributed by atoms with van der Waals surface area (Å²) in [5.74, 6) is 6.05. The smallest absolute Gasteiger partial charge is 0.574 e. The van der Waals surface area contributed by atoms with Crippen LogP contribution in [0.4, 0.5) is 0 Å². The number of pyridine rings is 5. The Labute approximate surface area is 495 Å². The molecule has 0 fully saturated rings. The molecule has 0 spiro atoms. The average Bonchev–Trinajstić information content (AvgIpc) is 4.16. The number of nitrogens with zero attached hydrogens (tertiary/aromatic N) is 9. The summed E-state index contributed by atoms with van der Waals surface area (Å²) in [7, 11) is 0. The third-order valence-corrected chi connectivity index (χ3v) is 10.8. The van der Waals surface area contributed by atoms with Crippen LogP contribution in [0.1, 0.15) is 17.1 Å². The molecule has 17 heteroatoms. The number of hydrogen-bond acceptors (Lipinski definition) is 13. The third-order valence-electron chi connectivity index (χ3n) is 10.8. The van der Waals surface area contributed by atoms with Gasteiger partial charge in [-0.25, -0.2) is 14.6 Å². The van der Waals surface area contributed by atoms with Gasteiger partial charge in [0, 0.05) is 94.4 Å². The van der Waals surface area contributed by atoms with Crippen LogP contribution in [0.25, 0.3) is 28.5 Å². The zero-order valence-electron chi connectivity index (χ0n) is 43.4. The van der Waals surface area contributed by atoms with E-state index in [9.17, 15) is 0 Å². The van der Waals surface area contributed by atoms with Crippen molar-refractivity contribution in [1.29, 1.82) is 0 Å². The molecule has 7 heterocycles. The summed E-state index contributed by atoms with van der Waals surface area (Å²) in [5.41, 5.74) is 6.17. The van der Waals surface area contributed by atoms with E-state index < -0.39 is 0 Å². The van der Waals surface area contributed by atoms with Crippen LogP contribution in [0, 0.1) is 51.1 Å². The maximum atomic E-state index is 5.97. The Balaban J connectivity index is 0.000000182. The van der Waals surface area contributed by atoms with Gasteiger partial charge < -0.3 is 43.6 Å². The number of rotatable bonds is 15. The van der Waals surface area contributed by atoms with Gasteiger partial charge >= 0.3 is 40.2 Å². The van der Waals surface area contributed by atoms with Crippen LogP contribution in [-0.4, -0.2) is 39.8 Å². The largest absolute Gasteiger partial charge is 3.00 e. The summed E-state index contributed by atoms with van der Waals surface area (Å²) in [6.45, 7) is 5.81. The first-order valence-corrected chi connectivity index (χ1v) is 24.6. The van der Waals surface area contributed by atoms with Crippen molar-refractivity contribution in [2.75, 3.05) is 0 Å². The van der Waals surface area contributed by atoms with Crippen molar-refractivity contribution in [1.82, 2.24) is 44.9 Å². The molecular weight excluding hydrogens is 1380 g/mol. The molecule has 400 valence electrons. The van der Waals surface area contributed by atoms with Crippen LogP contribution in [-0.2, 0) is 40.2 Å². The predicted molar refractivity (Wildman–Crippen MR) is 295 cm³/mol. The van der Waals surface area contributed by atoms with Crippen molar-refractivity contribution >= 4 is 0 Å². The summed E-state index contributed by atoms with van der Waals surface area (Å²) in [6.07, 6.45) is 3.45. The molecule has 12 rings (SSSR count). The fourth-order valence-electron chi connectivity index (χ4n) is 7.32. The van der Waals surface area contributed by atoms with Crippen molar-refractivity contribution in [3.63, 3.8) is 0 Å². The van der Waals surface area contributed by atoms with E-state index in [4.69, 9.17) is 28.4 Å². The summed E-state index contributed by atoms with van der Waals surface area (Å²) in [4.78, 5) is 21.8. The second kappa shape index (κ2) is 28.8. The molecule has 0 bridgehead atoms. The first kappa shape index (κ1) is 57.5. The van der Waals surface area contributed by atoms with Gasteiger partial charge in [0.05, 0.1) is 11.4 Å². The van der Waals surface area contributed by atoms with Gasteiger partial charge in [-0.3, -0.25) is 0 Å². The Bertz CT molecular complexity index is 3840. The van der Waals surface area contributed by atoms with E-state index in [1.165, 1.54) is 0 Å². The van der Waals surface area contributed by atoms with Gasteiger partial charge in [0.25, 0.3) is 0 Å². The third kappa shape index (κ3) is 16.9. The molecule has 15 nitrogen and oxygen atoms in total. The van der Waals surface area contributed by atoms with Crippen molar-refractivity contribution in [2.45, 2.75) is 20.8 Å². The van der Waals surface area contributed by atoms with Crippen LogP contribution in [0.3, 0.4) is 0 Å². The number of aryl methyl sites for hydroxylation is 3. The monoisotopic (exact) mass is 1420 g/mol. The molecule has 81 heavy (non-hydrogen) atoms. The van der Waals surface area contributed by atoms with Gasteiger partial charge in [-0.15, -0.1) is 84.4 Å². The first-order chi connectivity index (χ1) is 38.8. The Morgan fingerprint density at radius 2 is 0.877 bits per heavy atom. The van der Waals surface area contributed by atoms with Gasteiger partial charge in [0.1, 0.15) is 0 Å². The SMILES string of the molecule is Cc1cc(-c2cccc(Oc3[c-]c(Oc4ccccn4)ccc3)n2)[n-]n1.Cc1cc(C)n(-c2cccc(Oc3[c-]c(Oc4cccc(Oc5[c-]c(Oc6[c-]cccc6)ccc5)n4)ccc3)n2)n1.[Ir+3].[Ir+3].[c-]1ccccc1-c1ccccn1. The van der Waals surface area contributed by atoms with Crippen LogP contribution in [0.2, 0.25) is 0 Å². The molecular formula is C64H45Ir2N9O6. The Kier molecular flexibility index (Phi) is 20.5. The number of ether oxygens (including phenoxy) is 6. The van der Waals surface area contributed by atoms with E-state index in [0.717, 1.165) is 28.3 Å². The minimum absolute atomic E-state index is 0. The van der Waals surface area contributed by atoms with Gasteiger partial charge in [-0.2, -0.15) is 51.5 Å². The predicted octanol–water partition coefficient (Wildman–Crippen LogP) is 14.6. The molecule has 0 atom stereocenters. The van der Waals surface area contributed by atoms with E-state index in [1.807, 2.05) is 142 Å². The van der Waals surface area contributed by atoms with Crippen LogP contribution >= 0.6 is 0 Å². The van der Waals surface area contributed by atoms with E-state index in [1.54, 1.807) is 102 Å². The summed E-state index contributed by atoms with van der Waals surface area (Å²) < 4.78 is 36.9. The standard InChI is InChI=1S/C33H23N4O4.C20H14N4O2.C11H8N.2Ir/c1-23-20-24(2)37(36-23)30-16-8-17-31(34-30)39-28-14-7-15-29(22-28)41-33-19-9-18-32(35-33)40-27-13-6-12-26(21-27)38-25-10-4-3-5-11-25;1-14-12-18(24-23-14)17-8-5-10-20(22-17)26-16-7-4-6-15(13-16)25-19-9-2-3-11-21-19;1-2-6-10(7-3-1)11-8-4-5-9-12-11;;/h3-10,12-20H,1-2H3;2-12H,1H3;1-6,8-9H;;/q-3;-2;-1;2*+3. The Morgan fingerprint density at radius 1 is 0.395 bits per heavy atom. The van der Waals surface area contributed by atoms with Crippen molar-refractivity contribution < 1.29 is 68.6 Å². The molecule has 0 unspecified atom stereocenters. The number of hydrogen-bond donors (Lipinski definition) is 0. The number of aromatic nitrogens is 9. The number of para-hydroxylation sites is 1. The Morgan fingerprint density at radius 3 is 1.40 bits per heavy atom. The van der Waals surface area contributed by atoms with Gasteiger partial charge in [0.2, 0.25) is 29.4 Å². The van der Waals surface area contributed by atoms with E-state index in [2.05, 4.69) is 70.5 Å². The van der Waals surface area contributed by atoms with E-state index >= 15 is 0 Å². The van der Waals surface area contributed by atoms with Gasteiger partial charge in [-0.05, 0) is 56.8 Å². The molecule has 0 radical (unpaired) electrons. The van der Waals surface area contributed by atoms with E-state index in [-0.39, 0.29) is 40.2 Å². The zero-order valence-corrected chi connectivity index (χ0v) is 48.2. The topological polar surface area (TPSA) is 165 Å². The molecule has 0 aliphatic rings. The number of benzene rings is 5. The molecule has 0 N–H and O–H groups in total. The quantitative estimate of drug-likeness (QED) is 0.0890. The second-order valence-corrected chi connectivity index (χ2v) is 16.9. The van der Waals surface area contributed by atoms with Crippen LogP contribution < -0.4 is 33.5 Å². The van der Waals surface area contributed by atoms with E-state index in [0.29, 0.717) is 86.9 Å². The average molecular weight is 1420 g/mol. The van der Waals surface area contributed by atoms with Crippen molar-refractivity contribution in [2.24, 2.45) is 0 Å². The molecule has 0 aliphatic carbocycles. The van der Waals surface area contributed by atoms with Crippen molar-refractivity contribution in [3.8, 4) is 98.1 Å². The molecule has 12 aromatic rings. The fraction of sp³-hybridized carbons (Fsp3) is 0.0469. The van der Waals surface area contributed by atoms with Crippen LogP contribution in [0.15, 0.2) is 219 Å². The van der Waals surface area contributed by atoms with Crippen molar-refractivity contribution in [3.05, 3.63) is 266 Å². The molecule has 0 saturated heterocycles. The fourth-order valence-corrected chi connectivity index (χ4v) is 7.32. The zero-order chi connectivity index (χ0) is 54.0. The molecule has 7 aromatic heterocycles. The maximum absolute atomic E-state index is 5.97. The molecule has 5 aromatic carbocycles.